The molecular weight excluding hydrogens is 526 g/mol. The van der Waals surface area contributed by atoms with Crippen LogP contribution in [-0.4, -0.2) is 26.4 Å². The number of allylic oxidation sites excluding steroid dienone is 1. The Kier molecular flexibility index (Phi) is 6.63. The maximum Gasteiger partial charge on any atom is 0.234 e. The fourth-order valence-electron chi connectivity index (χ4n) is 2.96. The monoisotopic (exact) mass is 538 g/mol. The minimum absolute atomic E-state index is 0.0751. The first-order chi connectivity index (χ1) is 15.4. The van der Waals surface area contributed by atoms with Gasteiger partial charge in [0.15, 0.2) is 16.7 Å². The zero-order chi connectivity index (χ0) is 22.8. The highest BCUT2D eigenvalue weighted by atomic mass is 79.9. The summed E-state index contributed by atoms with van der Waals surface area (Å²) in [4.78, 5) is 12.3. The molecule has 1 amide bonds. The van der Waals surface area contributed by atoms with E-state index in [4.69, 9.17) is 16.0 Å². The number of thioether (sulfide) groups is 1. The lowest BCUT2D eigenvalue weighted by Crippen LogP contribution is -2.16. The second-order valence-electron chi connectivity index (χ2n) is 6.58. The number of rotatable bonds is 7. The van der Waals surface area contributed by atoms with E-state index in [0.717, 1.165) is 23.2 Å². The summed E-state index contributed by atoms with van der Waals surface area (Å²) in [6.07, 6.45) is 1.67. The van der Waals surface area contributed by atoms with Gasteiger partial charge in [-0.1, -0.05) is 29.4 Å². The van der Waals surface area contributed by atoms with Crippen molar-refractivity contribution in [2.24, 2.45) is 0 Å². The van der Waals surface area contributed by atoms with Gasteiger partial charge in [-0.3, -0.25) is 9.36 Å². The summed E-state index contributed by atoms with van der Waals surface area (Å²) in [5.41, 5.74) is 0.518. The number of aromatic nitrogens is 3. The summed E-state index contributed by atoms with van der Waals surface area (Å²) in [7, 11) is 0. The summed E-state index contributed by atoms with van der Waals surface area (Å²) in [6.45, 7) is 4.13. The lowest BCUT2D eigenvalue weighted by atomic mass is 10.2. The van der Waals surface area contributed by atoms with E-state index in [1.807, 2.05) is 0 Å². The van der Waals surface area contributed by atoms with Gasteiger partial charge in [0, 0.05) is 27.5 Å². The van der Waals surface area contributed by atoms with Crippen molar-refractivity contribution in [1.29, 1.82) is 0 Å². The van der Waals surface area contributed by atoms with Crippen molar-refractivity contribution in [3.05, 3.63) is 70.2 Å². The third kappa shape index (κ3) is 4.72. The number of anilines is 1. The lowest BCUT2D eigenvalue weighted by molar-refractivity contribution is -0.113. The molecule has 0 saturated carbocycles. The van der Waals surface area contributed by atoms with E-state index in [-0.39, 0.29) is 15.9 Å². The zero-order valence-corrected chi connectivity index (χ0v) is 19.4. The van der Waals surface area contributed by atoms with Gasteiger partial charge in [0.25, 0.3) is 0 Å². The molecule has 2 heterocycles. The molecule has 2 aromatic carbocycles. The van der Waals surface area contributed by atoms with E-state index in [2.05, 4.69) is 38.0 Å². The van der Waals surface area contributed by atoms with Crippen molar-refractivity contribution in [3.63, 3.8) is 0 Å². The average Bonchev–Trinajstić information content (AvgIpc) is 3.32. The van der Waals surface area contributed by atoms with Crippen LogP contribution in [0.5, 0.6) is 0 Å². The molecule has 0 bridgehead atoms. The number of carbonyl (C=O) groups is 1. The Bertz CT molecular complexity index is 1320. The van der Waals surface area contributed by atoms with E-state index in [1.54, 1.807) is 34.9 Å². The number of hydrogen-bond donors (Lipinski definition) is 1. The Morgan fingerprint density at radius 2 is 2.09 bits per heavy atom. The molecule has 0 aliphatic rings. The predicted octanol–water partition coefficient (Wildman–Crippen LogP) is 6.30. The van der Waals surface area contributed by atoms with Gasteiger partial charge in [0.05, 0.1) is 11.4 Å². The molecule has 0 fully saturated rings. The van der Waals surface area contributed by atoms with Crippen molar-refractivity contribution >= 4 is 61.9 Å². The number of halogens is 4. The fraction of sp³-hybridized carbons (Fsp3) is 0.0952. The highest BCUT2D eigenvalue weighted by molar-refractivity contribution is 9.10. The summed E-state index contributed by atoms with van der Waals surface area (Å²) in [5, 5.41) is 12.6. The maximum atomic E-state index is 14.0. The molecule has 0 radical (unpaired) electrons. The fourth-order valence-corrected chi connectivity index (χ4v) is 4.40. The van der Waals surface area contributed by atoms with Gasteiger partial charge in [-0.15, -0.1) is 16.8 Å². The standard InChI is InChI=1S/C21H14BrClF2N4O2S/c1-2-5-29-20(17-7-11-6-12(23)3-4-16(11)31-17)27-28-21(29)32-10-18(30)26-19-14(22)8-13(24)9-15(19)25/h2-4,6-9H,1,5,10H2,(H,26,30). The summed E-state index contributed by atoms with van der Waals surface area (Å²) < 4.78 is 34.9. The van der Waals surface area contributed by atoms with E-state index in [1.165, 1.54) is 0 Å². The van der Waals surface area contributed by atoms with Crippen LogP contribution in [0.4, 0.5) is 14.5 Å². The quantitative estimate of drug-likeness (QED) is 0.220. The Morgan fingerprint density at radius 1 is 1.28 bits per heavy atom. The molecule has 32 heavy (non-hydrogen) atoms. The van der Waals surface area contributed by atoms with Crippen molar-refractivity contribution in [2.75, 3.05) is 11.1 Å². The Balaban J connectivity index is 1.53. The van der Waals surface area contributed by atoms with Crippen molar-refractivity contribution < 1.29 is 18.0 Å². The van der Waals surface area contributed by atoms with Gasteiger partial charge in [-0.25, -0.2) is 8.78 Å². The Hall–Kier alpha value is -2.69. The molecule has 0 aliphatic heterocycles. The number of nitrogens with zero attached hydrogens (tertiary/aromatic N) is 3. The number of benzene rings is 2. The smallest absolute Gasteiger partial charge is 0.234 e. The first-order valence-corrected chi connectivity index (χ1v) is 11.3. The van der Waals surface area contributed by atoms with Gasteiger partial charge < -0.3 is 9.73 Å². The Morgan fingerprint density at radius 3 is 2.84 bits per heavy atom. The molecule has 0 spiro atoms. The van der Waals surface area contributed by atoms with Crippen LogP contribution in [0.1, 0.15) is 0 Å². The molecular formula is C21H14BrClF2N4O2S. The molecule has 0 saturated heterocycles. The summed E-state index contributed by atoms with van der Waals surface area (Å²) in [5.74, 6) is -1.24. The van der Waals surface area contributed by atoms with Gasteiger partial charge in [0.2, 0.25) is 11.7 Å². The molecule has 164 valence electrons. The van der Waals surface area contributed by atoms with Crippen LogP contribution in [0.25, 0.3) is 22.6 Å². The first-order valence-electron chi connectivity index (χ1n) is 9.16. The average molecular weight is 540 g/mol. The number of furan rings is 1. The van der Waals surface area contributed by atoms with Crippen molar-refractivity contribution in [3.8, 4) is 11.6 Å². The van der Waals surface area contributed by atoms with Gasteiger partial charge >= 0.3 is 0 Å². The van der Waals surface area contributed by atoms with Crippen LogP contribution in [-0.2, 0) is 11.3 Å². The largest absolute Gasteiger partial charge is 0.453 e. The van der Waals surface area contributed by atoms with Gasteiger partial charge in [-0.2, -0.15) is 0 Å². The topological polar surface area (TPSA) is 73.0 Å². The molecule has 2 aromatic heterocycles. The second kappa shape index (κ2) is 9.43. The molecule has 1 N–H and O–H groups in total. The number of hydrogen-bond acceptors (Lipinski definition) is 5. The van der Waals surface area contributed by atoms with Crippen LogP contribution in [0.2, 0.25) is 5.02 Å². The van der Waals surface area contributed by atoms with Gasteiger partial charge in [-0.05, 0) is 46.3 Å². The number of nitrogens with one attached hydrogen (secondary N) is 1. The van der Waals surface area contributed by atoms with E-state index < -0.39 is 17.5 Å². The number of fused-ring (bicyclic) bond motifs is 1. The minimum atomic E-state index is -0.877. The molecule has 4 rings (SSSR count). The lowest BCUT2D eigenvalue weighted by Gasteiger charge is -2.09. The SMILES string of the molecule is C=CCn1c(SCC(=O)Nc2c(F)cc(F)cc2Br)nnc1-c1cc2cc(Cl)ccc2o1. The third-order valence-corrected chi connectivity index (χ3v) is 6.16. The van der Waals surface area contributed by atoms with E-state index in [9.17, 15) is 13.6 Å². The Labute approximate surface area is 198 Å². The predicted molar refractivity (Wildman–Crippen MR) is 124 cm³/mol. The van der Waals surface area contributed by atoms with Crippen LogP contribution in [0.3, 0.4) is 0 Å². The highest BCUT2D eigenvalue weighted by Crippen LogP contribution is 2.31. The van der Waals surface area contributed by atoms with E-state index in [0.29, 0.717) is 40.0 Å². The zero-order valence-electron chi connectivity index (χ0n) is 16.2. The second-order valence-corrected chi connectivity index (χ2v) is 8.81. The number of amides is 1. The molecule has 6 nitrogen and oxygen atoms in total. The van der Waals surface area contributed by atoms with Crippen molar-refractivity contribution in [2.45, 2.75) is 11.7 Å². The van der Waals surface area contributed by atoms with Crippen LogP contribution >= 0.6 is 39.3 Å². The molecule has 0 unspecified atom stereocenters. The highest BCUT2D eigenvalue weighted by Gasteiger charge is 2.19. The third-order valence-electron chi connectivity index (χ3n) is 4.33. The first kappa shape index (κ1) is 22.5. The van der Waals surface area contributed by atoms with Crippen molar-refractivity contribution in [1.82, 2.24) is 14.8 Å². The maximum absolute atomic E-state index is 14.0. The summed E-state index contributed by atoms with van der Waals surface area (Å²) in [6, 6.07) is 8.85. The number of carbonyl (C=O) groups excluding carboxylic acids is 1. The normalized spacial score (nSPS) is 11.1. The summed E-state index contributed by atoms with van der Waals surface area (Å²) >= 11 is 10.2. The van der Waals surface area contributed by atoms with Crippen LogP contribution in [0.15, 0.2) is 63.1 Å². The van der Waals surface area contributed by atoms with E-state index >= 15 is 0 Å². The van der Waals surface area contributed by atoms with Crippen LogP contribution in [0, 0.1) is 11.6 Å². The molecule has 0 aliphatic carbocycles. The molecule has 4 aromatic rings. The minimum Gasteiger partial charge on any atom is -0.453 e. The molecule has 0 atom stereocenters. The van der Waals surface area contributed by atoms with Gasteiger partial charge in [0.1, 0.15) is 11.4 Å². The van der Waals surface area contributed by atoms with Crippen LogP contribution < -0.4 is 5.32 Å². The molecule has 11 heteroatoms.